The van der Waals surface area contributed by atoms with Crippen LogP contribution in [-0.2, 0) is 6.42 Å². The van der Waals surface area contributed by atoms with Gasteiger partial charge in [-0.2, -0.15) is 0 Å². The zero-order valence-electron chi connectivity index (χ0n) is 10.3. The summed E-state index contributed by atoms with van der Waals surface area (Å²) in [7, 11) is 0. The number of nitrogens with two attached hydrogens (primary N) is 2. The molecule has 94 valence electrons. The summed E-state index contributed by atoms with van der Waals surface area (Å²) in [5.74, 6) is 6.14. The molecule has 0 bridgehead atoms. The lowest BCUT2D eigenvalue weighted by atomic mass is 9.98. The molecule has 0 fully saturated rings. The van der Waals surface area contributed by atoms with Crippen LogP contribution in [0.1, 0.15) is 22.9 Å². The molecule has 5 nitrogen and oxygen atoms in total. The van der Waals surface area contributed by atoms with E-state index in [0.717, 1.165) is 16.8 Å². The van der Waals surface area contributed by atoms with Crippen molar-refractivity contribution in [2.24, 2.45) is 5.84 Å². The SMILES string of the molecule is Cc1ccnc(N)c1C(Cc1ccccn1)NN. The number of nitrogens with zero attached hydrogens (tertiary/aromatic N) is 2. The van der Waals surface area contributed by atoms with Crippen LogP contribution in [-0.4, -0.2) is 9.97 Å². The predicted octanol–water partition coefficient (Wildman–Crippen LogP) is 1.11. The molecule has 0 amide bonds. The smallest absolute Gasteiger partial charge is 0.128 e. The molecule has 18 heavy (non-hydrogen) atoms. The Morgan fingerprint density at radius 3 is 2.67 bits per heavy atom. The minimum atomic E-state index is -0.0893. The third kappa shape index (κ3) is 2.64. The topological polar surface area (TPSA) is 89.8 Å². The largest absolute Gasteiger partial charge is 0.383 e. The number of hydrogen-bond donors (Lipinski definition) is 3. The van der Waals surface area contributed by atoms with E-state index < -0.39 is 0 Å². The number of hydrazine groups is 1. The quantitative estimate of drug-likeness (QED) is 0.553. The van der Waals surface area contributed by atoms with Gasteiger partial charge in [-0.05, 0) is 30.7 Å². The molecule has 1 unspecified atom stereocenters. The van der Waals surface area contributed by atoms with Crippen LogP contribution in [0, 0.1) is 6.92 Å². The van der Waals surface area contributed by atoms with Crippen molar-refractivity contribution in [2.75, 3.05) is 5.73 Å². The maximum absolute atomic E-state index is 5.92. The molecule has 1 atom stereocenters. The van der Waals surface area contributed by atoms with Crippen LogP contribution >= 0.6 is 0 Å². The fraction of sp³-hybridized carbons (Fsp3) is 0.231. The van der Waals surface area contributed by atoms with Crippen LogP contribution in [0.5, 0.6) is 0 Å². The van der Waals surface area contributed by atoms with Gasteiger partial charge in [-0.25, -0.2) is 4.98 Å². The monoisotopic (exact) mass is 243 g/mol. The van der Waals surface area contributed by atoms with E-state index in [9.17, 15) is 0 Å². The maximum atomic E-state index is 5.92. The van der Waals surface area contributed by atoms with Gasteiger partial charge in [-0.15, -0.1) is 0 Å². The molecule has 5 heteroatoms. The summed E-state index contributed by atoms with van der Waals surface area (Å²) >= 11 is 0. The third-order valence-electron chi connectivity index (χ3n) is 2.93. The molecule has 0 radical (unpaired) electrons. The van der Waals surface area contributed by atoms with Crippen molar-refractivity contribution in [3.63, 3.8) is 0 Å². The number of nitrogen functional groups attached to an aromatic ring is 1. The molecule has 2 aromatic heterocycles. The summed E-state index contributed by atoms with van der Waals surface area (Å²) in [4.78, 5) is 8.41. The van der Waals surface area contributed by atoms with E-state index in [4.69, 9.17) is 11.6 Å². The van der Waals surface area contributed by atoms with Gasteiger partial charge in [0.25, 0.3) is 0 Å². The Morgan fingerprint density at radius 1 is 1.22 bits per heavy atom. The Morgan fingerprint density at radius 2 is 2.06 bits per heavy atom. The summed E-state index contributed by atoms with van der Waals surface area (Å²) in [6.45, 7) is 2.00. The van der Waals surface area contributed by atoms with Gasteiger partial charge in [0.15, 0.2) is 0 Å². The molecule has 2 aromatic rings. The van der Waals surface area contributed by atoms with E-state index >= 15 is 0 Å². The highest BCUT2D eigenvalue weighted by Gasteiger charge is 2.17. The fourth-order valence-corrected chi connectivity index (χ4v) is 2.02. The van der Waals surface area contributed by atoms with Gasteiger partial charge >= 0.3 is 0 Å². The van der Waals surface area contributed by atoms with Crippen LogP contribution in [0.15, 0.2) is 36.7 Å². The lowest BCUT2D eigenvalue weighted by molar-refractivity contribution is 0.543. The lowest BCUT2D eigenvalue weighted by Gasteiger charge is -2.19. The summed E-state index contributed by atoms with van der Waals surface area (Å²) in [6, 6.07) is 7.64. The molecule has 2 rings (SSSR count). The van der Waals surface area contributed by atoms with E-state index in [0.29, 0.717) is 12.2 Å². The van der Waals surface area contributed by atoms with E-state index in [-0.39, 0.29) is 6.04 Å². The average Bonchev–Trinajstić information content (AvgIpc) is 2.38. The molecule has 0 saturated carbocycles. The van der Waals surface area contributed by atoms with Gasteiger partial charge < -0.3 is 5.73 Å². The predicted molar refractivity (Wildman–Crippen MR) is 71.4 cm³/mol. The Balaban J connectivity index is 2.29. The van der Waals surface area contributed by atoms with E-state index in [1.807, 2.05) is 31.2 Å². The third-order valence-corrected chi connectivity index (χ3v) is 2.93. The average molecular weight is 243 g/mol. The second-order valence-electron chi connectivity index (χ2n) is 4.17. The lowest BCUT2D eigenvalue weighted by Crippen LogP contribution is -2.31. The van der Waals surface area contributed by atoms with Crippen LogP contribution in [0.4, 0.5) is 5.82 Å². The van der Waals surface area contributed by atoms with Crippen molar-refractivity contribution in [1.82, 2.24) is 15.4 Å². The molecule has 2 heterocycles. The number of nitrogens with one attached hydrogen (secondary N) is 1. The number of aryl methyl sites for hydroxylation is 1. The minimum Gasteiger partial charge on any atom is -0.383 e. The normalized spacial score (nSPS) is 12.3. The van der Waals surface area contributed by atoms with Gasteiger partial charge in [0.2, 0.25) is 0 Å². The molecule has 0 aliphatic carbocycles. The molecule has 5 N–H and O–H groups in total. The molecule has 0 aromatic carbocycles. The van der Waals surface area contributed by atoms with Gasteiger partial charge in [-0.1, -0.05) is 6.07 Å². The molecule has 0 aliphatic heterocycles. The first-order valence-corrected chi connectivity index (χ1v) is 5.79. The summed E-state index contributed by atoms with van der Waals surface area (Å²) < 4.78 is 0. The Labute approximate surface area is 106 Å². The van der Waals surface area contributed by atoms with E-state index in [1.165, 1.54) is 0 Å². The second-order valence-corrected chi connectivity index (χ2v) is 4.17. The highest BCUT2D eigenvalue weighted by atomic mass is 15.2. The second kappa shape index (κ2) is 5.57. The fourth-order valence-electron chi connectivity index (χ4n) is 2.02. The Kier molecular flexibility index (Phi) is 3.86. The van der Waals surface area contributed by atoms with Crippen molar-refractivity contribution in [2.45, 2.75) is 19.4 Å². The summed E-state index contributed by atoms with van der Waals surface area (Å²) in [5, 5.41) is 0. The molecular formula is C13H17N5. The van der Waals surface area contributed by atoms with Crippen LogP contribution in [0.25, 0.3) is 0 Å². The minimum absolute atomic E-state index is 0.0893. The van der Waals surface area contributed by atoms with Crippen molar-refractivity contribution >= 4 is 5.82 Å². The van der Waals surface area contributed by atoms with Crippen molar-refractivity contribution in [3.8, 4) is 0 Å². The number of aromatic nitrogens is 2. The van der Waals surface area contributed by atoms with Gasteiger partial charge in [-0.3, -0.25) is 16.3 Å². The van der Waals surface area contributed by atoms with Crippen molar-refractivity contribution < 1.29 is 0 Å². The maximum Gasteiger partial charge on any atom is 0.128 e. The van der Waals surface area contributed by atoms with Crippen molar-refractivity contribution in [1.29, 1.82) is 0 Å². The molecule has 0 saturated heterocycles. The summed E-state index contributed by atoms with van der Waals surface area (Å²) in [5.41, 5.74) is 11.7. The standard InChI is InChI=1S/C13H17N5/c1-9-5-7-17-13(14)12(9)11(18-15)8-10-4-2-3-6-16-10/h2-7,11,18H,8,15H2,1H3,(H2,14,17). The zero-order chi connectivity index (χ0) is 13.0. The highest BCUT2D eigenvalue weighted by molar-refractivity contribution is 5.46. The molecule has 0 aliphatic rings. The first-order valence-electron chi connectivity index (χ1n) is 5.79. The zero-order valence-corrected chi connectivity index (χ0v) is 10.3. The van der Waals surface area contributed by atoms with Crippen LogP contribution < -0.4 is 17.0 Å². The Hall–Kier alpha value is -1.98. The van der Waals surface area contributed by atoms with Gasteiger partial charge in [0, 0.05) is 30.1 Å². The van der Waals surface area contributed by atoms with Crippen molar-refractivity contribution in [3.05, 3.63) is 53.5 Å². The first kappa shape index (κ1) is 12.5. The van der Waals surface area contributed by atoms with Gasteiger partial charge in [0.05, 0.1) is 6.04 Å². The van der Waals surface area contributed by atoms with Crippen LogP contribution in [0.2, 0.25) is 0 Å². The van der Waals surface area contributed by atoms with Gasteiger partial charge in [0.1, 0.15) is 5.82 Å². The molecular weight excluding hydrogens is 226 g/mol. The van der Waals surface area contributed by atoms with E-state index in [1.54, 1.807) is 12.4 Å². The van der Waals surface area contributed by atoms with E-state index in [2.05, 4.69) is 15.4 Å². The number of rotatable bonds is 4. The highest BCUT2D eigenvalue weighted by Crippen LogP contribution is 2.24. The number of anilines is 1. The Bertz CT molecular complexity index is 492. The number of pyridine rings is 2. The summed E-state index contributed by atoms with van der Waals surface area (Å²) in [6.07, 6.45) is 4.14. The number of hydrogen-bond acceptors (Lipinski definition) is 5. The first-order chi connectivity index (χ1) is 8.72. The van der Waals surface area contributed by atoms with Crippen LogP contribution in [0.3, 0.4) is 0 Å². The molecule has 0 spiro atoms.